The second-order valence-corrected chi connectivity index (χ2v) is 8.95. The minimum atomic E-state index is -0.610. The van der Waals surface area contributed by atoms with E-state index in [0.717, 1.165) is 22.2 Å². The Labute approximate surface area is 219 Å². The van der Waals surface area contributed by atoms with Crippen molar-refractivity contribution in [3.8, 4) is 11.5 Å². The summed E-state index contributed by atoms with van der Waals surface area (Å²) in [5.74, 6) is -1.71. The van der Waals surface area contributed by atoms with E-state index >= 15 is 0 Å². The molecule has 0 saturated heterocycles. The number of carbonyl (C=O) groups is 3. The van der Waals surface area contributed by atoms with Crippen molar-refractivity contribution >= 4 is 57.0 Å². The zero-order valence-electron chi connectivity index (χ0n) is 19.3. The first kappa shape index (κ1) is 25.8. The summed E-state index contributed by atoms with van der Waals surface area (Å²) in [4.78, 5) is 37.0. The molecule has 0 aliphatic carbocycles. The van der Waals surface area contributed by atoms with Crippen molar-refractivity contribution in [1.82, 2.24) is 10.7 Å². The van der Waals surface area contributed by atoms with Gasteiger partial charge in [0.25, 0.3) is 11.8 Å². The Morgan fingerprint density at radius 2 is 1.81 bits per heavy atom. The second kappa shape index (κ2) is 11.6. The fraction of sp³-hybridized carbons (Fsp3) is 0.0769. The minimum absolute atomic E-state index is 0.186. The quantitative estimate of drug-likeness (QED) is 0.145. The zero-order valence-corrected chi connectivity index (χ0v) is 20.9. The molecule has 0 radical (unpaired) electrons. The van der Waals surface area contributed by atoms with Crippen molar-refractivity contribution in [3.05, 3.63) is 93.6 Å². The smallest absolute Gasteiger partial charge is 0.355 e. The Balaban J connectivity index is 1.34. The molecule has 4 aromatic rings. The van der Waals surface area contributed by atoms with Crippen molar-refractivity contribution < 1.29 is 28.2 Å². The van der Waals surface area contributed by atoms with Gasteiger partial charge in [-0.3, -0.25) is 9.59 Å². The predicted molar refractivity (Wildman–Crippen MR) is 139 cm³/mol. The van der Waals surface area contributed by atoms with E-state index in [1.54, 1.807) is 12.1 Å². The number of halogens is 2. The fourth-order valence-corrected chi connectivity index (χ4v) is 4.61. The van der Waals surface area contributed by atoms with Gasteiger partial charge in [-0.25, -0.2) is 14.6 Å². The highest BCUT2D eigenvalue weighted by Crippen LogP contribution is 2.37. The average molecular weight is 540 g/mol. The molecule has 37 heavy (non-hydrogen) atoms. The number of hydrazone groups is 1. The molecule has 0 fully saturated rings. The molecule has 0 aliphatic heterocycles. The van der Waals surface area contributed by atoms with E-state index in [1.807, 2.05) is 24.3 Å². The SMILES string of the molecule is COc1cc(C=NNC(=O)CNC(=O)c2ccc(F)cc2)ccc1OC(=O)c1sc2ccccc2c1Cl. The van der Waals surface area contributed by atoms with Gasteiger partial charge in [0.05, 0.1) is 24.9 Å². The highest BCUT2D eigenvalue weighted by Gasteiger charge is 2.20. The lowest BCUT2D eigenvalue weighted by molar-refractivity contribution is -0.120. The van der Waals surface area contributed by atoms with Crippen LogP contribution >= 0.6 is 22.9 Å². The molecular formula is C26H19ClFN3O5S. The molecule has 4 rings (SSSR count). The lowest BCUT2D eigenvalue weighted by atomic mass is 10.2. The molecule has 11 heteroatoms. The van der Waals surface area contributed by atoms with Gasteiger partial charge in [-0.05, 0) is 54.1 Å². The van der Waals surface area contributed by atoms with E-state index in [9.17, 15) is 18.8 Å². The summed E-state index contributed by atoms with van der Waals surface area (Å²) in [5, 5.41) is 7.37. The number of benzene rings is 3. The highest BCUT2D eigenvalue weighted by atomic mass is 35.5. The lowest BCUT2D eigenvalue weighted by Crippen LogP contribution is -2.34. The van der Waals surface area contributed by atoms with Gasteiger partial charge >= 0.3 is 5.97 Å². The molecule has 0 spiro atoms. The molecule has 0 saturated carbocycles. The van der Waals surface area contributed by atoms with Crippen molar-refractivity contribution in [1.29, 1.82) is 0 Å². The van der Waals surface area contributed by atoms with Crippen LogP contribution in [0, 0.1) is 5.82 Å². The van der Waals surface area contributed by atoms with Crippen molar-refractivity contribution in [2.45, 2.75) is 0 Å². The number of thiophene rings is 1. The monoisotopic (exact) mass is 539 g/mol. The largest absolute Gasteiger partial charge is 0.493 e. The van der Waals surface area contributed by atoms with Crippen LogP contribution < -0.4 is 20.2 Å². The molecule has 188 valence electrons. The first-order chi connectivity index (χ1) is 17.9. The van der Waals surface area contributed by atoms with E-state index in [-0.39, 0.29) is 28.5 Å². The number of carbonyl (C=O) groups excluding carboxylic acids is 3. The standard InChI is InChI=1S/C26H19ClFN3O5S/c1-35-20-12-15(13-30-31-22(32)14-29-25(33)16-7-9-17(28)10-8-16)6-11-19(20)36-26(34)24-23(27)18-4-2-3-5-21(18)37-24/h2-13H,14H2,1H3,(H,29,33)(H,31,32). The Bertz CT molecular complexity index is 1500. The number of nitrogens with zero attached hydrogens (tertiary/aromatic N) is 1. The molecule has 2 N–H and O–H groups in total. The van der Waals surface area contributed by atoms with E-state index < -0.39 is 23.6 Å². The number of hydrogen-bond acceptors (Lipinski definition) is 7. The average Bonchev–Trinajstić information content (AvgIpc) is 3.25. The van der Waals surface area contributed by atoms with E-state index in [0.29, 0.717) is 10.6 Å². The summed E-state index contributed by atoms with van der Waals surface area (Å²) in [6, 6.07) is 17.0. The molecule has 3 aromatic carbocycles. The van der Waals surface area contributed by atoms with Crippen molar-refractivity contribution in [2.24, 2.45) is 5.10 Å². The molecule has 0 bridgehead atoms. The minimum Gasteiger partial charge on any atom is -0.493 e. The van der Waals surface area contributed by atoms with Crippen LogP contribution in [0.1, 0.15) is 25.6 Å². The first-order valence-corrected chi connectivity index (χ1v) is 12.0. The van der Waals surface area contributed by atoms with Crippen molar-refractivity contribution in [2.75, 3.05) is 13.7 Å². The molecule has 1 heterocycles. The Hall–Kier alpha value is -4.28. The van der Waals surface area contributed by atoms with Gasteiger partial charge in [0, 0.05) is 15.6 Å². The molecular weight excluding hydrogens is 521 g/mol. The number of fused-ring (bicyclic) bond motifs is 1. The van der Waals surface area contributed by atoms with Gasteiger partial charge in [-0.15, -0.1) is 11.3 Å². The van der Waals surface area contributed by atoms with Gasteiger partial charge in [0.15, 0.2) is 11.5 Å². The number of nitrogens with one attached hydrogen (secondary N) is 2. The normalized spacial score (nSPS) is 10.9. The highest BCUT2D eigenvalue weighted by molar-refractivity contribution is 7.21. The van der Waals surface area contributed by atoms with Gasteiger partial charge in [0.1, 0.15) is 10.7 Å². The summed E-state index contributed by atoms with van der Waals surface area (Å²) in [6.45, 7) is -0.327. The van der Waals surface area contributed by atoms with E-state index in [2.05, 4.69) is 15.8 Å². The van der Waals surface area contributed by atoms with Crippen LogP contribution in [-0.4, -0.2) is 37.7 Å². The Kier molecular flexibility index (Phi) is 8.11. The fourth-order valence-electron chi connectivity index (χ4n) is 3.22. The van der Waals surface area contributed by atoms with Crippen LogP contribution in [0.15, 0.2) is 71.8 Å². The molecule has 2 amide bonds. The zero-order chi connectivity index (χ0) is 26.4. The van der Waals surface area contributed by atoms with Crippen LogP contribution in [-0.2, 0) is 4.79 Å². The third kappa shape index (κ3) is 6.29. The summed E-state index contributed by atoms with van der Waals surface area (Å²) in [7, 11) is 1.42. The van der Waals surface area contributed by atoms with Gasteiger partial charge in [-0.1, -0.05) is 29.8 Å². The first-order valence-electron chi connectivity index (χ1n) is 10.8. The number of hydrogen-bond donors (Lipinski definition) is 2. The van der Waals surface area contributed by atoms with Gasteiger partial charge in [-0.2, -0.15) is 5.10 Å². The van der Waals surface area contributed by atoms with Crippen LogP contribution in [0.5, 0.6) is 11.5 Å². The van der Waals surface area contributed by atoms with Crippen LogP contribution in [0.2, 0.25) is 5.02 Å². The topological polar surface area (TPSA) is 106 Å². The lowest BCUT2D eigenvalue weighted by Gasteiger charge is -2.09. The Morgan fingerprint density at radius 1 is 1.05 bits per heavy atom. The van der Waals surface area contributed by atoms with Crippen LogP contribution in [0.4, 0.5) is 4.39 Å². The number of ether oxygens (including phenoxy) is 2. The predicted octanol–water partition coefficient (Wildman–Crippen LogP) is 4.80. The molecule has 1 aromatic heterocycles. The third-order valence-corrected chi connectivity index (χ3v) is 6.68. The number of methoxy groups -OCH3 is 1. The number of amides is 2. The molecule has 8 nitrogen and oxygen atoms in total. The summed E-state index contributed by atoms with van der Waals surface area (Å²) < 4.78 is 24.7. The van der Waals surface area contributed by atoms with Crippen molar-refractivity contribution in [3.63, 3.8) is 0 Å². The molecule has 0 unspecified atom stereocenters. The Morgan fingerprint density at radius 3 is 2.54 bits per heavy atom. The number of rotatable bonds is 8. The van der Waals surface area contributed by atoms with E-state index in [1.165, 1.54) is 42.9 Å². The maximum atomic E-state index is 12.9. The second-order valence-electron chi connectivity index (χ2n) is 7.52. The number of esters is 1. The van der Waals surface area contributed by atoms with Gasteiger partial charge in [0.2, 0.25) is 0 Å². The maximum absolute atomic E-state index is 12.9. The third-order valence-electron chi connectivity index (χ3n) is 5.03. The molecule has 0 atom stereocenters. The van der Waals surface area contributed by atoms with E-state index in [4.69, 9.17) is 21.1 Å². The van der Waals surface area contributed by atoms with Crippen LogP contribution in [0.3, 0.4) is 0 Å². The summed E-state index contributed by atoms with van der Waals surface area (Å²) >= 11 is 7.60. The summed E-state index contributed by atoms with van der Waals surface area (Å²) in [6.07, 6.45) is 1.36. The maximum Gasteiger partial charge on any atom is 0.355 e. The summed E-state index contributed by atoms with van der Waals surface area (Å²) in [5.41, 5.74) is 3.06. The molecule has 0 aliphatic rings. The van der Waals surface area contributed by atoms with Crippen LogP contribution in [0.25, 0.3) is 10.1 Å². The van der Waals surface area contributed by atoms with Gasteiger partial charge < -0.3 is 14.8 Å².